The Morgan fingerprint density at radius 3 is 2.26 bits per heavy atom. The molecule has 5 fully saturated rings. The van der Waals surface area contributed by atoms with Crippen LogP contribution in [0.4, 0.5) is 0 Å². The maximum Gasteiger partial charge on any atom is 0.337 e. The van der Waals surface area contributed by atoms with E-state index < -0.39 is 41.5 Å². The third-order valence-corrected chi connectivity index (χ3v) is 8.29. The van der Waals surface area contributed by atoms with Crippen LogP contribution in [0.25, 0.3) is 0 Å². The van der Waals surface area contributed by atoms with Crippen LogP contribution in [0.1, 0.15) is 91.4 Å². The first kappa shape index (κ1) is 29.0. The van der Waals surface area contributed by atoms with Crippen molar-refractivity contribution in [3.63, 3.8) is 0 Å². The molecule has 5 rings (SSSR count). The summed E-state index contributed by atoms with van der Waals surface area (Å²) >= 11 is 0. The molecule has 0 spiro atoms. The Balaban J connectivity index is 1.25. The average molecular weight is 537 g/mol. The van der Waals surface area contributed by atoms with E-state index in [1.54, 1.807) is 20.8 Å². The number of hydrogen-bond donors (Lipinski definition) is 0. The van der Waals surface area contributed by atoms with Gasteiger partial charge in [-0.1, -0.05) is 25.8 Å². The molecule has 0 aromatic rings. The van der Waals surface area contributed by atoms with Gasteiger partial charge in [-0.2, -0.15) is 0 Å². The minimum absolute atomic E-state index is 0.0452. The van der Waals surface area contributed by atoms with Crippen molar-refractivity contribution in [2.45, 2.75) is 121 Å². The lowest BCUT2D eigenvalue weighted by Gasteiger charge is -2.61. The maximum atomic E-state index is 12.9. The topological polar surface area (TPSA) is 107 Å². The predicted octanol–water partition coefficient (Wildman–Crippen LogP) is 4.40. The highest BCUT2D eigenvalue weighted by Gasteiger charge is 2.61. The minimum atomic E-state index is -0.735. The van der Waals surface area contributed by atoms with Crippen LogP contribution in [-0.2, 0) is 42.8 Å². The quantitative estimate of drug-likeness (QED) is 0.111. The second-order valence-corrected chi connectivity index (χ2v) is 11.9. The first-order chi connectivity index (χ1) is 18.1. The summed E-state index contributed by atoms with van der Waals surface area (Å²) in [6.07, 6.45) is 9.37. The van der Waals surface area contributed by atoms with Crippen molar-refractivity contribution in [2.75, 3.05) is 19.8 Å². The number of rotatable bonds is 13. The molecule has 0 aromatic heterocycles. The van der Waals surface area contributed by atoms with Crippen LogP contribution in [-0.4, -0.2) is 67.4 Å². The van der Waals surface area contributed by atoms with Gasteiger partial charge in [0.05, 0.1) is 18.3 Å². The molecule has 0 heterocycles. The maximum absolute atomic E-state index is 12.9. The Hall–Kier alpha value is -1.97. The fourth-order valence-corrected chi connectivity index (χ4v) is 7.28. The van der Waals surface area contributed by atoms with E-state index >= 15 is 0 Å². The molecule has 0 N–H and O–H groups in total. The molecule has 0 amide bonds. The predicted molar refractivity (Wildman–Crippen MR) is 137 cm³/mol. The van der Waals surface area contributed by atoms with Crippen molar-refractivity contribution in [1.29, 1.82) is 0 Å². The third-order valence-electron chi connectivity index (χ3n) is 8.29. The molecular formula is C29H44O9. The Labute approximate surface area is 225 Å². The molecule has 5 aliphatic rings. The smallest absolute Gasteiger partial charge is 0.337 e. The van der Waals surface area contributed by atoms with Crippen LogP contribution >= 0.6 is 0 Å². The fraction of sp³-hybridized carbons (Fsp3) is 0.828. The second kappa shape index (κ2) is 12.5. The highest BCUT2D eigenvalue weighted by molar-refractivity contribution is 5.86. The first-order valence-corrected chi connectivity index (χ1v) is 14.2. The van der Waals surface area contributed by atoms with Crippen LogP contribution in [0, 0.1) is 11.8 Å². The average Bonchev–Trinajstić information content (AvgIpc) is 2.82. The lowest BCUT2D eigenvalue weighted by molar-refractivity contribution is -0.252. The van der Waals surface area contributed by atoms with Crippen LogP contribution in [0.5, 0.6) is 0 Å². The van der Waals surface area contributed by atoms with Crippen molar-refractivity contribution in [2.24, 2.45) is 11.8 Å². The lowest BCUT2D eigenvalue weighted by atomic mass is 9.52. The van der Waals surface area contributed by atoms with Gasteiger partial charge in [-0.05, 0) is 77.6 Å². The molecular weight excluding hydrogens is 492 g/mol. The molecule has 38 heavy (non-hydrogen) atoms. The van der Waals surface area contributed by atoms with Crippen LogP contribution in [0.3, 0.4) is 0 Å². The van der Waals surface area contributed by atoms with Gasteiger partial charge in [0.25, 0.3) is 0 Å². The molecule has 0 saturated heterocycles. The van der Waals surface area contributed by atoms with E-state index in [1.165, 1.54) is 6.42 Å². The van der Waals surface area contributed by atoms with Crippen molar-refractivity contribution in [3.8, 4) is 0 Å². The van der Waals surface area contributed by atoms with Crippen LogP contribution < -0.4 is 0 Å². The normalized spacial score (nSPS) is 31.9. The van der Waals surface area contributed by atoms with Gasteiger partial charge in [0.1, 0.15) is 18.8 Å². The number of carbonyl (C=O) groups is 3. The van der Waals surface area contributed by atoms with Gasteiger partial charge in [0, 0.05) is 12.0 Å². The van der Waals surface area contributed by atoms with E-state index in [0.29, 0.717) is 23.8 Å². The standard InChI is InChI=1S/C29H44O9/c1-19(2)26(31)34-11-10-33-17-25(30)38-29-15-22-12-23(16-29)14-28(13-22,18-29)37-20(3)27(32)36-21(4)35-24-8-6-5-7-9-24/h20-24H,1,5-18H2,2-4H3. The Morgan fingerprint density at radius 2 is 1.61 bits per heavy atom. The van der Waals surface area contributed by atoms with E-state index in [0.717, 1.165) is 57.8 Å². The molecule has 0 aromatic carbocycles. The highest BCUT2D eigenvalue weighted by atomic mass is 16.7. The Kier molecular flexibility index (Phi) is 9.53. The molecule has 4 unspecified atom stereocenters. The SMILES string of the molecule is C=C(C)C(=O)OCCOCC(=O)OC12CC3CC(C1)CC(OC(C)C(=O)OC(C)OC1CCCCC1)(C3)C2. The zero-order valence-corrected chi connectivity index (χ0v) is 23.2. The van der Waals surface area contributed by atoms with Gasteiger partial charge >= 0.3 is 17.9 Å². The summed E-state index contributed by atoms with van der Waals surface area (Å²) in [5.74, 6) is -0.559. The Bertz CT molecular complexity index is 863. The van der Waals surface area contributed by atoms with Gasteiger partial charge in [0.2, 0.25) is 6.29 Å². The molecule has 4 bridgehead atoms. The van der Waals surface area contributed by atoms with Gasteiger partial charge in [0.15, 0.2) is 6.10 Å². The molecule has 9 nitrogen and oxygen atoms in total. The van der Waals surface area contributed by atoms with Crippen molar-refractivity contribution >= 4 is 17.9 Å². The van der Waals surface area contributed by atoms with Gasteiger partial charge < -0.3 is 28.4 Å². The molecule has 5 saturated carbocycles. The molecule has 214 valence electrons. The van der Waals surface area contributed by atoms with Crippen LogP contribution in [0.2, 0.25) is 0 Å². The zero-order valence-electron chi connectivity index (χ0n) is 23.2. The summed E-state index contributed by atoms with van der Waals surface area (Å²) < 4.78 is 34.4. The largest absolute Gasteiger partial charge is 0.460 e. The molecule has 0 radical (unpaired) electrons. The van der Waals surface area contributed by atoms with E-state index in [1.807, 2.05) is 0 Å². The number of esters is 3. The van der Waals surface area contributed by atoms with E-state index in [-0.39, 0.29) is 25.9 Å². The summed E-state index contributed by atoms with van der Waals surface area (Å²) in [6.45, 7) is 8.53. The second-order valence-electron chi connectivity index (χ2n) is 11.9. The van der Waals surface area contributed by atoms with Gasteiger partial charge in [-0.25, -0.2) is 14.4 Å². The Morgan fingerprint density at radius 1 is 0.947 bits per heavy atom. The van der Waals surface area contributed by atoms with Crippen LogP contribution in [0.15, 0.2) is 12.2 Å². The summed E-state index contributed by atoms with van der Waals surface area (Å²) in [5, 5.41) is 0. The minimum Gasteiger partial charge on any atom is -0.460 e. The number of carbonyl (C=O) groups excluding carboxylic acids is 3. The molecule has 9 heteroatoms. The van der Waals surface area contributed by atoms with Gasteiger partial charge in [-0.15, -0.1) is 0 Å². The number of hydrogen-bond acceptors (Lipinski definition) is 9. The third kappa shape index (κ3) is 7.57. The highest BCUT2D eigenvalue weighted by Crippen LogP contribution is 2.60. The molecule has 0 aliphatic heterocycles. The van der Waals surface area contributed by atoms with E-state index in [2.05, 4.69) is 6.58 Å². The summed E-state index contributed by atoms with van der Waals surface area (Å²) in [5.41, 5.74) is -0.793. The number of ether oxygens (including phenoxy) is 6. The summed E-state index contributed by atoms with van der Waals surface area (Å²) in [6, 6.07) is 0. The monoisotopic (exact) mass is 536 g/mol. The van der Waals surface area contributed by atoms with E-state index in [4.69, 9.17) is 28.4 Å². The zero-order chi connectivity index (χ0) is 27.3. The van der Waals surface area contributed by atoms with E-state index in [9.17, 15) is 14.4 Å². The fourth-order valence-electron chi connectivity index (χ4n) is 7.28. The molecule has 4 atom stereocenters. The van der Waals surface area contributed by atoms with Crippen molar-refractivity contribution in [1.82, 2.24) is 0 Å². The molecule has 5 aliphatic carbocycles. The van der Waals surface area contributed by atoms with Crippen molar-refractivity contribution in [3.05, 3.63) is 12.2 Å². The van der Waals surface area contributed by atoms with Gasteiger partial charge in [-0.3, -0.25) is 0 Å². The summed E-state index contributed by atoms with van der Waals surface area (Å²) in [7, 11) is 0. The first-order valence-electron chi connectivity index (χ1n) is 14.2. The van der Waals surface area contributed by atoms with Crippen molar-refractivity contribution < 1.29 is 42.8 Å². The summed E-state index contributed by atoms with van der Waals surface area (Å²) in [4.78, 5) is 36.9. The lowest BCUT2D eigenvalue weighted by Crippen LogP contribution is -2.62.